The zero-order chi connectivity index (χ0) is 24.9. The normalized spacial score (nSPS) is 15.6. The van der Waals surface area contributed by atoms with Crippen LogP contribution in [0.3, 0.4) is 0 Å². The fourth-order valence-corrected chi connectivity index (χ4v) is 3.88. The molecule has 11 heteroatoms. The SMILES string of the molecule is COc1cc2c(Nc3ccc(Cl)c(C)c3)ncnc2cc1OCC1CN(C(=O)CC(=O)O)CCO1. The van der Waals surface area contributed by atoms with Crippen LogP contribution in [-0.4, -0.2) is 71.4 Å². The van der Waals surface area contributed by atoms with E-state index < -0.39 is 24.4 Å². The average molecular weight is 501 g/mol. The highest BCUT2D eigenvalue weighted by Gasteiger charge is 2.26. The number of amides is 1. The highest BCUT2D eigenvalue weighted by molar-refractivity contribution is 6.31. The molecule has 1 fully saturated rings. The van der Waals surface area contributed by atoms with E-state index in [0.29, 0.717) is 41.0 Å². The van der Waals surface area contributed by atoms with Gasteiger partial charge in [0.15, 0.2) is 11.5 Å². The van der Waals surface area contributed by atoms with Crippen molar-refractivity contribution in [2.45, 2.75) is 19.4 Å². The number of aliphatic carboxylic acids is 1. The van der Waals surface area contributed by atoms with Crippen molar-refractivity contribution in [3.63, 3.8) is 0 Å². The Hall–Kier alpha value is -3.63. The molecular formula is C24H25ClN4O6. The van der Waals surface area contributed by atoms with Crippen LogP contribution >= 0.6 is 11.6 Å². The minimum Gasteiger partial charge on any atom is -0.493 e. The van der Waals surface area contributed by atoms with Crippen LogP contribution in [-0.2, 0) is 14.3 Å². The fourth-order valence-electron chi connectivity index (χ4n) is 3.77. The zero-order valence-corrected chi connectivity index (χ0v) is 20.0. The molecule has 1 aliphatic heterocycles. The third kappa shape index (κ3) is 5.90. The summed E-state index contributed by atoms with van der Waals surface area (Å²) in [6.07, 6.45) is 0.509. The van der Waals surface area contributed by atoms with Gasteiger partial charge in [0.2, 0.25) is 5.91 Å². The number of aryl methyl sites for hydroxylation is 1. The number of nitrogens with zero attached hydrogens (tertiary/aromatic N) is 3. The van der Waals surface area contributed by atoms with Gasteiger partial charge in [-0.1, -0.05) is 11.6 Å². The summed E-state index contributed by atoms with van der Waals surface area (Å²) in [7, 11) is 1.54. The fraction of sp³-hybridized carbons (Fsp3) is 0.333. The van der Waals surface area contributed by atoms with E-state index in [1.807, 2.05) is 25.1 Å². The number of aromatic nitrogens is 2. The first-order chi connectivity index (χ1) is 16.8. The van der Waals surface area contributed by atoms with Gasteiger partial charge in [0.1, 0.15) is 31.3 Å². The van der Waals surface area contributed by atoms with Gasteiger partial charge in [-0.2, -0.15) is 0 Å². The Kier molecular flexibility index (Phi) is 7.52. The minimum absolute atomic E-state index is 0.152. The van der Waals surface area contributed by atoms with Crippen LogP contribution in [0.2, 0.25) is 5.02 Å². The molecule has 184 valence electrons. The molecule has 2 N–H and O–H groups in total. The number of fused-ring (bicyclic) bond motifs is 1. The van der Waals surface area contributed by atoms with Crippen molar-refractivity contribution in [2.75, 3.05) is 38.7 Å². The molecule has 0 spiro atoms. The molecule has 0 saturated carbocycles. The smallest absolute Gasteiger partial charge is 0.312 e. The molecule has 1 aromatic heterocycles. The third-order valence-electron chi connectivity index (χ3n) is 5.56. The molecule has 10 nitrogen and oxygen atoms in total. The number of carbonyl (C=O) groups is 2. The van der Waals surface area contributed by atoms with Gasteiger partial charge in [0.25, 0.3) is 0 Å². The Morgan fingerprint density at radius 1 is 1.26 bits per heavy atom. The second kappa shape index (κ2) is 10.7. The number of carbonyl (C=O) groups excluding carboxylic acids is 1. The predicted molar refractivity (Wildman–Crippen MR) is 130 cm³/mol. The number of carboxylic acids is 1. The number of anilines is 2. The van der Waals surface area contributed by atoms with E-state index >= 15 is 0 Å². The van der Waals surface area contributed by atoms with Crippen molar-refractivity contribution < 1.29 is 28.9 Å². The Labute approximate surface area is 206 Å². The number of rotatable bonds is 8. The monoisotopic (exact) mass is 500 g/mol. The molecule has 0 bridgehead atoms. The maximum absolute atomic E-state index is 12.1. The quantitative estimate of drug-likeness (QED) is 0.448. The summed E-state index contributed by atoms with van der Waals surface area (Å²) in [5.74, 6) is -0.0504. The summed E-state index contributed by atoms with van der Waals surface area (Å²) in [4.78, 5) is 33.1. The molecule has 1 atom stereocenters. The standard InChI is InChI=1S/C24H25ClN4O6/c1-14-7-15(3-4-18(14)25)28-24-17-8-20(33-2)21(9-19(17)26-13-27-24)35-12-16-11-29(5-6-34-16)22(30)10-23(31)32/h3-4,7-9,13,16H,5-6,10-12H2,1-2H3,(H,31,32)(H,26,27,28). The Balaban J connectivity index is 1.50. The lowest BCUT2D eigenvalue weighted by Crippen LogP contribution is -2.48. The first kappa shape index (κ1) is 24.5. The highest BCUT2D eigenvalue weighted by Crippen LogP contribution is 2.35. The number of carboxylic acid groups (broad SMARTS) is 1. The predicted octanol–water partition coefficient (Wildman–Crippen LogP) is 3.42. The molecule has 4 rings (SSSR count). The Morgan fingerprint density at radius 2 is 2.09 bits per heavy atom. The number of halogens is 1. The van der Waals surface area contributed by atoms with Crippen LogP contribution < -0.4 is 14.8 Å². The van der Waals surface area contributed by atoms with E-state index in [4.69, 9.17) is 30.9 Å². The third-order valence-corrected chi connectivity index (χ3v) is 5.98. The van der Waals surface area contributed by atoms with Gasteiger partial charge in [-0.05, 0) is 36.8 Å². The van der Waals surface area contributed by atoms with Crippen molar-refractivity contribution in [1.82, 2.24) is 14.9 Å². The van der Waals surface area contributed by atoms with E-state index in [1.54, 1.807) is 12.1 Å². The van der Waals surface area contributed by atoms with Crippen molar-refractivity contribution in [3.8, 4) is 11.5 Å². The Morgan fingerprint density at radius 3 is 2.83 bits per heavy atom. The van der Waals surface area contributed by atoms with E-state index in [-0.39, 0.29) is 13.2 Å². The molecule has 2 aromatic carbocycles. The van der Waals surface area contributed by atoms with Crippen molar-refractivity contribution in [3.05, 3.63) is 47.2 Å². The van der Waals surface area contributed by atoms with Gasteiger partial charge in [-0.15, -0.1) is 0 Å². The van der Waals surface area contributed by atoms with E-state index in [0.717, 1.165) is 16.6 Å². The highest BCUT2D eigenvalue weighted by atomic mass is 35.5. The number of morpholine rings is 1. The molecule has 0 radical (unpaired) electrons. The van der Waals surface area contributed by atoms with Gasteiger partial charge >= 0.3 is 5.97 Å². The van der Waals surface area contributed by atoms with Crippen LogP contribution in [0.15, 0.2) is 36.7 Å². The number of hydrogen-bond donors (Lipinski definition) is 2. The van der Waals surface area contributed by atoms with Crippen molar-refractivity contribution >= 4 is 45.9 Å². The molecular weight excluding hydrogens is 476 g/mol. The van der Waals surface area contributed by atoms with Crippen LogP contribution in [0.4, 0.5) is 11.5 Å². The van der Waals surface area contributed by atoms with Gasteiger partial charge < -0.3 is 29.5 Å². The minimum atomic E-state index is -1.16. The molecule has 35 heavy (non-hydrogen) atoms. The van der Waals surface area contributed by atoms with Crippen molar-refractivity contribution in [2.24, 2.45) is 0 Å². The van der Waals surface area contributed by atoms with E-state index in [2.05, 4.69) is 15.3 Å². The summed E-state index contributed by atoms with van der Waals surface area (Å²) in [5, 5.41) is 13.6. The number of benzene rings is 2. The van der Waals surface area contributed by atoms with Crippen LogP contribution in [0, 0.1) is 6.92 Å². The first-order valence-corrected chi connectivity index (χ1v) is 11.3. The molecule has 1 saturated heterocycles. The van der Waals surface area contributed by atoms with Crippen LogP contribution in [0.5, 0.6) is 11.5 Å². The molecule has 1 amide bonds. The molecule has 0 aliphatic carbocycles. The molecule has 3 aromatic rings. The summed E-state index contributed by atoms with van der Waals surface area (Å²) >= 11 is 6.13. The Bertz CT molecular complexity index is 1250. The number of ether oxygens (including phenoxy) is 3. The maximum atomic E-state index is 12.1. The van der Waals surface area contributed by atoms with Crippen molar-refractivity contribution in [1.29, 1.82) is 0 Å². The second-order valence-corrected chi connectivity index (χ2v) is 8.45. The zero-order valence-electron chi connectivity index (χ0n) is 19.3. The summed E-state index contributed by atoms with van der Waals surface area (Å²) in [6, 6.07) is 9.16. The van der Waals surface area contributed by atoms with Gasteiger partial charge in [-0.3, -0.25) is 9.59 Å². The maximum Gasteiger partial charge on any atom is 0.312 e. The van der Waals surface area contributed by atoms with Gasteiger partial charge in [0, 0.05) is 28.7 Å². The first-order valence-electron chi connectivity index (χ1n) is 10.9. The van der Waals surface area contributed by atoms with Gasteiger partial charge in [0.05, 0.1) is 25.8 Å². The second-order valence-electron chi connectivity index (χ2n) is 8.05. The topological polar surface area (TPSA) is 123 Å². The molecule has 2 heterocycles. The lowest BCUT2D eigenvalue weighted by Gasteiger charge is -2.32. The summed E-state index contributed by atoms with van der Waals surface area (Å²) < 4.78 is 17.2. The number of nitrogens with one attached hydrogen (secondary N) is 1. The lowest BCUT2D eigenvalue weighted by atomic mass is 10.2. The number of methoxy groups -OCH3 is 1. The number of hydrogen-bond acceptors (Lipinski definition) is 8. The van der Waals surface area contributed by atoms with Crippen LogP contribution in [0.1, 0.15) is 12.0 Å². The average Bonchev–Trinajstić information content (AvgIpc) is 2.84. The van der Waals surface area contributed by atoms with Crippen LogP contribution in [0.25, 0.3) is 10.9 Å². The molecule has 1 aliphatic rings. The lowest BCUT2D eigenvalue weighted by molar-refractivity contribution is -0.148. The van der Waals surface area contributed by atoms with E-state index in [9.17, 15) is 9.59 Å². The van der Waals surface area contributed by atoms with Gasteiger partial charge in [-0.25, -0.2) is 9.97 Å². The molecule has 1 unspecified atom stereocenters. The summed E-state index contributed by atoms with van der Waals surface area (Å²) in [6.45, 7) is 2.98. The van der Waals surface area contributed by atoms with E-state index in [1.165, 1.54) is 18.3 Å². The largest absolute Gasteiger partial charge is 0.493 e. The summed E-state index contributed by atoms with van der Waals surface area (Å²) in [5.41, 5.74) is 2.42.